The smallest absolute Gasteiger partial charge is 0.222 e. The van der Waals surface area contributed by atoms with Gasteiger partial charge < -0.3 is 0 Å². The van der Waals surface area contributed by atoms with Gasteiger partial charge in [0.1, 0.15) is 6.54 Å². The molecule has 0 fully saturated rings. The molecule has 1 rings (SSSR count). The zero-order chi connectivity index (χ0) is 12.2. The summed E-state index contributed by atoms with van der Waals surface area (Å²) < 4.78 is 2.29. The largest absolute Gasteiger partial charge is 0.235 e. The van der Waals surface area contributed by atoms with Crippen LogP contribution in [0.1, 0.15) is 57.8 Å². The minimum absolute atomic E-state index is 0.880. The zero-order valence-electron chi connectivity index (χ0n) is 11.0. The van der Waals surface area contributed by atoms with E-state index in [1.165, 1.54) is 64.3 Å². The highest BCUT2D eigenvalue weighted by atomic mass is 32.1. The lowest BCUT2D eigenvalue weighted by atomic mass is 10.1. The van der Waals surface area contributed by atoms with E-state index in [9.17, 15) is 0 Å². The van der Waals surface area contributed by atoms with Gasteiger partial charge in [0.15, 0.2) is 6.21 Å². The molecule has 0 radical (unpaired) electrons. The van der Waals surface area contributed by atoms with Crippen molar-refractivity contribution in [2.24, 2.45) is 4.99 Å². The molecule has 17 heavy (non-hydrogen) atoms. The Morgan fingerprint density at radius 3 is 2.00 bits per heavy atom. The molecule has 0 spiro atoms. The van der Waals surface area contributed by atoms with Crippen LogP contribution in [0.15, 0.2) is 4.99 Å². The summed E-state index contributed by atoms with van der Waals surface area (Å²) in [5.74, 6) is 1.05. The Bertz CT molecular complexity index is 236. The molecule has 0 saturated heterocycles. The van der Waals surface area contributed by atoms with Gasteiger partial charge in [-0.05, 0) is 18.6 Å². The first-order valence-electron chi connectivity index (χ1n) is 7.11. The Morgan fingerprint density at radius 1 is 0.882 bits per heavy atom. The standard InChI is InChI=1S/C14H26N2S/c17-13-9-7-5-3-1-2-4-6-8-11-16-12-10-15-14-16/h10,12H,1-9,11,13-14H2/p+1. The van der Waals surface area contributed by atoms with Crippen molar-refractivity contribution in [3.63, 3.8) is 0 Å². The van der Waals surface area contributed by atoms with Gasteiger partial charge in [-0.2, -0.15) is 12.6 Å². The van der Waals surface area contributed by atoms with E-state index in [0.717, 1.165) is 12.4 Å². The highest BCUT2D eigenvalue weighted by Crippen LogP contribution is 2.10. The molecule has 0 aliphatic carbocycles. The van der Waals surface area contributed by atoms with Crippen LogP contribution in [0.2, 0.25) is 0 Å². The van der Waals surface area contributed by atoms with Crippen molar-refractivity contribution in [2.75, 3.05) is 19.0 Å². The van der Waals surface area contributed by atoms with E-state index >= 15 is 0 Å². The van der Waals surface area contributed by atoms with Gasteiger partial charge in [0.2, 0.25) is 6.67 Å². The van der Waals surface area contributed by atoms with Crippen LogP contribution >= 0.6 is 12.6 Å². The van der Waals surface area contributed by atoms with Gasteiger partial charge in [0.05, 0.1) is 6.21 Å². The van der Waals surface area contributed by atoms with Crippen LogP contribution in [0.5, 0.6) is 0 Å². The van der Waals surface area contributed by atoms with E-state index in [1.807, 2.05) is 6.21 Å². The number of thiol groups is 1. The van der Waals surface area contributed by atoms with E-state index in [1.54, 1.807) is 0 Å². The molecule has 0 bridgehead atoms. The molecule has 1 aliphatic heterocycles. The third-order valence-corrected chi connectivity index (χ3v) is 3.57. The van der Waals surface area contributed by atoms with E-state index in [4.69, 9.17) is 0 Å². The molecule has 1 aliphatic rings. The molecular formula is C14H27N2S+. The second-order valence-electron chi connectivity index (χ2n) is 4.84. The number of rotatable bonds is 11. The summed E-state index contributed by atoms with van der Waals surface area (Å²) in [6.45, 7) is 2.06. The summed E-state index contributed by atoms with van der Waals surface area (Å²) in [5.41, 5.74) is 0. The second kappa shape index (κ2) is 10.8. The highest BCUT2D eigenvalue weighted by molar-refractivity contribution is 7.80. The second-order valence-corrected chi connectivity index (χ2v) is 5.29. The van der Waals surface area contributed by atoms with Crippen LogP contribution in [-0.4, -0.2) is 36.0 Å². The van der Waals surface area contributed by atoms with Crippen molar-refractivity contribution in [2.45, 2.75) is 57.8 Å². The molecule has 0 aromatic rings. The van der Waals surface area contributed by atoms with Crippen LogP contribution < -0.4 is 0 Å². The molecule has 1 heterocycles. The van der Waals surface area contributed by atoms with Crippen LogP contribution in [0.25, 0.3) is 0 Å². The molecule has 0 unspecified atom stereocenters. The van der Waals surface area contributed by atoms with Gasteiger partial charge in [0.25, 0.3) is 0 Å². The highest BCUT2D eigenvalue weighted by Gasteiger charge is 2.04. The van der Waals surface area contributed by atoms with Gasteiger partial charge in [-0.3, -0.25) is 0 Å². The van der Waals surface area contributed by atoms with Crippen molar-refractivity contribution < 1.29 is 4.58 Å². The molecule has 0 aromatic heterocycles. The lowest BCUT2D eigenvalue weighted by Gasteiger charge is -2.01. The SMILES string of the molecule is SCCCCCCCCCCC[N+]1=CC=NC1. The van der Waals surface area contributed by atoms with Crippen molar-refractivity contribution in [1.29, 1.82) is 0 Å². The third kappa shape index (κ3) is 8.42. The van der Waals surface area contributed by atoms with Crippen LogP contribution in [0.4, 0.5) is 0 Å². The molecule has 0 saturated carbocycles. The maximum atomic E-state index is 4.22. The Balaban J connectivity index is 1.72. The average molecular weight is 255 g/mol. The number of nitrogens with zero attached hydrogens (tertiary/aromatic N) is 2. The van der Waals surface area contributed by atoms with E-state index in [2.05, 4.69) is 28.4 Å². The number of hydrogen-bond acceptors (Lipinski definition) is 2. The topological polar surface area (TPSA) is 15.4 Å². The normalized spacial score (nSPS) is 14.3. The lowest BCUT2D eigenvalue weighted by Crippen LogP contribution is -2.10. The lowest BCUT2D eigenvalue weighted by molar-refractivity contribution is -0.517. The van der Waals surface area contributed by atoms with Crippen molar-refractivity contribution in [3.05, 3.63) is 0 Å². The van der Waals surface area contributed by atoms with Crippen LogP contribution in [0.3, 0.4) is 0 Å². The quantitative estimate of drug-likeness (QED) is 0.330. The predicted molar refractivity (Wildman–Crippen MR) is 80.0 cm³/mol. The van der Waals surface area contributed by atoms with Crippen molar-refractivity contribution in [1.82, 2.24) is 0 Å². The molecule has 3 heteroatoms. The number of aliphatic imine (C=N–C) groups is 1. The van der Waals surface area contributed by atoms with Crippen LogP contribution in [0, 0.1) is 0 Å². The molecule has 0 atom stereocenters. The maximum absolute atomic E-state index is 4.22. The maximum Gasteiger partial charge on any atom is 0.235 e. The van der Waals surface area contributed by atoms with Gasteiger partial charge in [-0.1, -0.05) is 38.5 Å². The van der Waals surface area contributed by atoms with Gasteiger partial charge in [0, 0.05) is 6.42 Å². The molecular weight excluding hydrogens is 228 g/mol. The molecule has 0 N–H and O–H groups in total. The number of unbranched alkanes of at least 4 members (excludes halogenated alkanes) is 8. The summed E-state index contributed by atoms with van der Waals surface area (Å²) in [6.07, 6.45) is 16.4. The van der Waals surface area contributed by atoms with Gasteiger partial charge in [-0.25, -0.2) is 9.57 Å². The molecule has 0 aromatic carbocycles. The minimum Gasteiger partial charge on any atom is -0.222 e. The minimum atomic E-state index is 0.880. The first kappa shape index (κ1) is 14.7. The average Bonchev–Trinajstić information content (AvgIpc) is 2.85. The molecule has 98 valence electrons. The van der Waals surface area contributed by atoms with E-state index < -0.39 is 0 Å². The first-order valence-corrected chi connectivity index (χ1v) is 7.75. The summed E-state index contributed by atoms with van der Waals surface area (Å²) in [5, 5.41) is 0. The van der Waals surface area contributed by atoms with Gasteiger partial charge >= 0.3 is 0 Å². The Kier molecular flexibility index (Phi) is 9.39. The monoisotopic (exact) mass is 255 g/mol. The van der Waals surface area contributed by atoms with Gasteiger partial charge in [-0.15, -0.1) is 0 Å². The summed E-state index contributed by atoms with van der Waals surface area (Å²) in [7, 11) is 0. The van der Waals surface area contributed by atoms with Crippen molar-refractivity contribution in [3.8, 4) is 0 Å². The van der Waals surface area contributed by atoms with Crippen molar-refractivity contribution >= 4 is 25.1 Å². The zero-order valence-corrected chi connectivity index (χ0v) is 11.9. The number of hydrogen-bond donors (Lipinski definition) is 1. The summed E-state index contributed by atoms with van der Waals surface area (Å²) >= 11 is 4.22. The Labute approximate surface area is 112 Å². The fourth-order valence-corrected chi connectivity index (χ4v) is 2.37. The third-order valence-electron chi connectivity index (χ3n) is 3.25. The van der Waals surface area contributed by atoms with Crippen LogP contribution in [-0.2, 0) is 0 Å². The van der Waals surface area contributed by atoms with E-state index in [-0.39, 0.29) is 0 Å². The molecule has 0 amide bonds. The molecule has 2 nitrogen and oxygen atoms in total. The fourth-order valence-electron chi connectivity index (χ4n) is 2.15. The van der Waals surface area contributed by atoms with E-state index in [0.29, 0.717) is 0 Å². The summed E-state index contributed by atoms with van der Waals surface area (Å²) in [4.78, 5) is 4.17. The first-order chi connectivity index (χ1) is 8.43. The Hall–Kier alpha value is -0.310. The summed E-state index contributed by atoms with van der Waals surface area (Å²) in [6, 6.07) is 0. The Morgan fingerprint density at radius 2 is 1.47 bits per heavy atom. The predicted octanol–water partition coefficient (Wildman–Crippen LogP) is 3.55. The fraction of sp³-hybridized carbons (Fsp3) is 0.857.